The number of nitrogens with zero attached hydrogens (tertiary/aromatic N) is 4. The lowest BCUT2D eigenvalue weighted by molar-refractivity contribution is -0.136. The molecule has 0 fully saturated rings. The molecule has 21 heavy (non-hydrogen) atoms. The van der Waals surface area contributed by atoms with Gasteiger partial charge in [0, 0.05) is 29.2 Å². The first kappa shape index (κ1) is 13.2. The normalized spacial score (nSPS) is 11.0. The Hall–Kier alpha value is -2.76. The summed E-state index contributed by atoms with van der Waals surface area (Å²) in [5.74, 6) is -0.876. The van der Waals surface area contributed by atoms with E-state index in [0.717, 1.165) is 22.8 Å². The van der Waals surface area contributed by atoms with E-state index in [1.54, 1.807) is 10.7 Å². The van der Waals surface area contributed by atoms with E-state index in [1.165, 1.54) is 0 Å². The van der Waals surface area contributed by atoms with Gasteiger partial charge >= 0.3 is 5.97 Å². The highest BCUT2D eigenvalue weighted by atomic mass is 16.4. The van der Waals surface area contributed by atoms with Crippen molar-refractivity contribution in [2.75, 3.05) is 0 Å². The maximum atomic E-state index is 11.0. The van der Waals surface area contributed by atoms with Crippen LogP contribution in [0.25, 0.3) is 17.0 Å². The maximum absolute atomic E-state index is 11.0. The van der Waals surface area contributed by atoms with E-state index in [4.69, 9.17) is 5.11 Å². The average molecular weight is 282 g/mol. The third kappa shape index (κ3) is 2.35. The Bertz CT molecular complexity index is 825. The van der Waals surface area contributed by atoms with Crippen molar-refractivity contribution in [3.63, 3.8) is 0 Å². The van der Waals surface area contributed by atoms with Crippen molar-refractivity contribution in [2.24, 2.45) is 0 Å². The molecule has 3 aromatic heterocycles. The Morgan fingerprint density at radius 1 is 1.29 bits per heavy atom. The number of pyridine rings is 1. The molecule has 0 amide bonds. The van der Waals surface area contributed by atoms with E-state index >= 15 is 0 Å². The van der Waals surface area contributed by atoms with Gasteiger partial charge in [0.05, 0.1) is 12.1 Å². The minimum atomic E-state index is -0.876. The number of carbonyl (C=O) groups is 1. The fraction of sp³-hybridized carbons (Fsp3) is 0.200. The molecule has 0 aliphatic heterocycles. The summed E-state index contributed by atoms with van der Waals surface area (Å²) in [6.45, 7) is 3.67. The van der Waals surface area contributed by atoms with Crippen molar-refractivity contribution in [3.05, 3.63) is 47.4 Å². The first-order chi connectivity index (χ1) is 10.1. The van der Waals surface area contributed by atoms with Gasteiger partial charge in [0.2, 0.25) is 0 Å². The zero-order valence-corrected chi connectivity index (χ0v) is 11.7. The van der Waals surface area contributed by atoms with Crippen molar-refractivity contribution in [1.82, 2.24) is 19.6 Å². The molecular weight excluding hydrogens is 268 g/mol. The molecule has 106 valence electrons. The molecule has 1 N–H and O–H groups in total. The highest BCUT2D eigenvalue weighted by Crippen LogP contribution is 2.20. The van der Waals surface area contributed by atoms with Gasteiger partial charge in [-0.15, -0.1) is 0 Å². The molecule has 0 bridgehead atoms. The number of aliphatic carboxylic acids is 1. The number of carboxylic acids is 1. The van der Waals surface area contributed by atoms with Crippen molar-refractivity contribution < 1.29 is 9.90 Å². The van der Waals surface area contributed by atoms with Crippen LogP contribution in [0.3, 0.4) is 0 Å². The second-order valence-corrected chi connectivity index (χ2v) is 4.85. The molecule has 0 aliphatic rings. The second kappa shape index (κ2) is 4.97. The van der Waals surface area contributed by atoms with E-state index in [0.29, 0.717) is 11.2 Å². The number of aryl methyl sites for hydroxylation is 2. The third-order valence-corrected chi connectivity index (χ3v) is 3.42. The fourth-order valence-electron chi connectivity index (χ4n) is 2.37. The molecular formula is C15H14N4O2. The van der Waals surface area contributed by atoms with Crippen molar-refractivity contribution in [2.45, 2.75) is 20.3 Å². The van der Waals surface area contributed by atoms with Gasteiger partial charge in [-0.25, -0.2) is 9.50 Å². The van der Waals surface area contributed by atoms with E-state index in [-0.39, 0.29) is 6.42 Å². The largest absolute Gasteiger partial charge is 0.481 e. The molecule has 0 atom stereocenters. The molecule has 6 nitrogen and oxygen atoms in total. The third-order valence-electron chi connectivity index (χ3n) is 3.42. The molecule has 0 spiro atoms. The highest BCUT2D eigenvalue weighted by molar-refractivity contribution is 5.71. The fourth-order valence-corrected chi connectivity index (χ4v) is 2.37. The quantitative estimate of drug-likeness (QED) is 0.795. The van der Waals surface area contributed by atoms with Gasteiger partial charge in [-0.2, -0.15) is 5.10 Å². The summed E-state index contributed by atoms with van der Waals surface area (Å²) in [5.41, 5.74) is 4.39. The van der Waals surface area contributed by atoms with Crippen LogP contribution in [0.1, 0.15) is 17.0 Å². The zero-order chi connectivity index (χ0) is 15.0. The molecule has 3 rings (SSSR count). The summed E-state index contributed by atoms with van der Waals surface area (Å²) < 4.78 is 1.68. The van der Waals surface area contributed by atoms with Gasteiger partial charge in [-0.3, -0.25) is 9.78 Å². The van der Waals surface area contributed by atoms with Gasteiger partial charge < -0.3 is 5.11 Å². The number of fused-ring (bicyclic) bond motifs is 1. The summed E-state index contributed by atoms with van der Waals surface area (Å²) in [6, 6.07) is 7.47. The minimum Gasteiger partial charge on any atom is -0.481 e. The van der Waals surface area contributed by atoms with Crippen LogP contribution >= 0.6 is 0 Å². The summed E-state index contributed by atoms with van der Waals surface area (Å²) in [6.07, 6.45) is 1.65. The first-order valence-corrected chi connectivity index (χ1v) is 6.55. The smallest absolute Gasteiger partial charge is 0.307 e. The van der Waals surface area contributed by atoms with Gasteiger partial charge in [-0.1, -0.05) is 6.07 Å². The first-order valence-electron chi connectivity index (χ1n) is 6.55. The van der Waals surface area contributed by atoms with Crippen LogP contribution < -0.4 is 0 Å². The lowest BCUT2D eigenvalue weighted by Crippen LogP contribution is -2.10. The van der Waals surface area contributed by atoms with Gasteiger partial charge in [0.1, 0.15) is 5.69 Å². The standard InChI is InChI=1S/C15H14N4O2/c1-9-11(7-15(20)21)10(2)19-14(17-9)8-13(18-19)12-5-3-4-6-16-12/h3-6,8H,7H2,1-2H3,(H,20,21). The highest BCUT2D eigenvalue weighted by Gasteiger charge is 2.15. The van der Waals surface area contributed by atoms with Crippen LogP contribution in [0.4, 0.5) is 0 Å². The second-order valence-electron chi connectivity index (χ2n) is 4.85. The van der Waals surface area contributed by atoms with Gasteiger partial charge in [-0.05, 0) is 26.0 Å². The van der Waals surface area contributed by atoms with Crippen LogP contribution in [0.2, 0.25) is 0 Å². The summed E-state index contributed by atoms with van der Waals surface area (Å²) in [5, 5.41) is 13.5. The Labute approximate surface area is 121 Å². The summed E-state index contributed by atoms with van der Waals surface area (Å²) in [7, 11) is 0. The lowest BCUT2D eigenvalue weighted by Gasteiger charge is -2.08. The molecule has 0 saturated heterocycles. The Morgan fingerprint density at radius 2 is 2.10 bits per heavy atom. The average Bonchev–Trinajstić information content (AvgIpc) is 2.88. The van der Waals surface area contributed by atoms with Gasteiger partial charge in [0.25, 0.3) is 0 Å². The molecule has 6 heteroatoms. The van der Waals surface area contributed by atoms with Crippen LogP contribution in [0, 0.1) is 13.8 Å². The van der Waals surface area contributed by atoms with E-state index in [9.17, 15) is 4.79 Å². The van der Waals surface area contributed by atoms with Crippen molar-refractivity contribution in [3.8, 4) is 11.4 Å². The maximum Gasteiger partial charge on any atom is 0.307 e. The predicted molar refractivity (Wildman–Crippen MR) is 77.0 cm³/mol. The Balaban J connectivity index is 2.18. The van der Waals surface area contributed by atoms with Crippen molar-refractivity contribution >= 4 is 11.6 Å². The minimum absolute atomic E-state index is 0.0562. The topological polar surface area (TPSA) is 80.4 Å². The predicted octanol–water partition coefficient (Wildman–Crippen LogP) is 2.04. The van der Waals surface area contributed by atoms with Crippen LogP contribution in [0.15, 0.2) is 30.5 Å². The van der Waals surface area contributed by atoms with Crippen LogP contribution in [-0.2, 0) is 11.2 Å². The molecule has 0 radical (unpaired) electrons. The molecule has 0 unspecified atom stereocenters. The zero-order valence-electron chi connectivity index (χ0n) is 11.7. The summed E-state index contributed by atoms with van der Waals surface area (Å²) in [4.78, 5) is 19.7. The monoisotopic (exact) mass is 282 g/mol. The van der Waals surface area contributed by atoms with Crippen LogP contribution in [-0.4, -0.2) is 30.7 Å². The number of hydrogen-bond donors (Lipinski definition) is 1. The van der Waals surface area contributed by atoms with Crippen LogP contribution in [0.5, 0.6) is 0 Å². The molecule has 3 heterocycles. The molecule has 0 aromatic carbocycles. The molecule has 3 aromatic rings. The number of carboxylic acid groups (broad SMARTS) is 1. The summed E-state index contributed by atoms with van der Waals surface area (Å²) >= 11 is 0. The molecule has 0 aliphatic carbocycles. The number of aromatic nitrogens is 4. The molecule has 0 saturated carbocycles. The number of rotatable bonds is 3. The number of hydrogen-bond acceptors (Lipinski definition) is 4. The van der Waals surface area contributed by atoms with E-state index in [1.807, 2.05) is 38.1 Å². The Kier molecular flexibility index (Phi) is 3.13. The van der Waals surface area contributed by atoms with E-state index in [2.05, 4.69) is 15.1 Å². The van der Waals surface area contributed by atoms with E-state index < -0.39 is 5.97 Å². The lowest BCUT2D eigenvalue weighted by atomic mass is 10.1. The van der Waals surface area contributed by atoms with Crippen molar-refractivity contribution in [1.29, 1.82) is 0 Å². The van der Waals surface area contributed by atoms with Gasteiger partial charge in [0.15, 0.2) is 5.65 Å². The Morgan fingerprint density at radius 3 is 2.76 bits per heavy atom. The SMILES string of the molecule is Cc1nc2cc(-c3ccccn3)nn2c(C)c1CC(=O)O.